The van der Waals surface area contributed by atoms with Gasteiger partial charge in [-0.25, -0.2) is 9.18 Å². The van der Waals surface area contributed by atoms with Crippen molar-refractivity contribution in [3.63, 3.8) is 0 Å². The maximum absolute atomic E-state index is 13.0. The first-order valence-electron chi connectivity index (χ1n) is 8.43. The second-order valence-electron chi connectivity index (χ2n) is 6.05. The largest absolute Gasteiger partial charge is 0.364 e. The van der Waals surface area contributed by atoms with E-state index in [0.717, 1.165) is 10.1 Å². The van der Waals surface area contributed by atoms with Crippen molar-refractivity contribution in [2.75, 3.05) is 5.32 Å². The van der Waals surface area contributed by atoms with Gasteiger partial charge in [0.05, 0.1) is 12.6 Å². The molecule has 0 aliphatic rings. The van der Waals surface area contributed by atoms with Crippen LogP contribution in [0.3, 0.4) is 0 Å². The number of pyridine rings is 1. The highest BCUT2D eigenvalue weighted by atomic mass is 19.1. The van der Waals surface area contributed by atoms with Crippen LogP contribution in [0.4, 0.5) is 10.2 Å². The van der Waals surface area contributed by atoms with Gasteiger partial charge in [-0.15, -0.1) is 6.58 Å². The Morgan fingerprint density at radius 3 is 2.67 bits per heavy atom. The quantitative estimate of drug-likeness (QED) is 0.630. The van der Waals surface area contributed by atoms with Crippen LogP contribution < -0.4 is 16.6 Å². The molecule has 7 heteroatoms. The smallest absolute Gasteiger partial charge is 0.330 e. The summed E-state index contributed by atoms with van der Waals surface area (Å²) in [6.07, 6.45) is 5.73. The third-order valence-corrected chi connectivity index (χ3v) is 4.09. The van der Waals surface area contributed by atoms with Gasteiger partial charge in [0.1, 0.15) is 11.6 Å². The Labute approximate surface area is 155 Å². The molecule has 0 saturated carbocycles. The molecule has 1 aromatic carbocycles. The van der Waals surface area contributed by atoms with Gasteiger partial charge in [0.2, 0.25) is 0 Å². The maximum atomic E-state index is 13.0. The number of hydrogen-bond donors (Lipinski definition) is 2. The third-order valence-electron chi connectivity index (χ3n) is 4.09. The number of nitrogens with one attached hydrogen (secondary N) is 2. The topological polar surface area (TPSA) is 79.8 Å². The first kappa shape index (κ1) is 18.3. The van der Waals surface area contributed by atoms with Gasteiger partial charge in [0.25, 0.3) is 5.56 Å². The zero-order valence-corrected chi connectivity index (χ0v) is 14.6. The van der Waals surface area contributed by atoms with E-state index in [1.807, 2.05) is 12.1 Å². The fourth-order valence-electron chi connectivity index (χ4n) is 2.73. The van der Waals surface area contributed by atoms with Gasteiger partial charge >= 0.3 is 5.69 Å². The van der Waals surface area contributed by atoms with E-state index in [1.54, 1.807) is 18.5 Å². The molecule has 0 aliphatic carbocycles. The van der Waals surface area contributed by atoms with Crippen LogP contribution in [0.2, 0.25) is 0 Å². The van der Waals surface area contributed by atoms with Crippen molar-refractivity contribution >= 4 is 5.82 Å². The predicted octanol–water partition coefficient (Wildman–Crippen LogP) is 2.85. The minimum Gasteiger partial charge on any atom is -0.364 e. The van der Waals surface area contributed by atoms with Crippen LogP contribution in [0.15, 0.2) is 77.1 Å². The normalized spacial score (nSPS) is 11.7. The number of halogens is 1. The summed E-state index contributed by atoms with van der Waals surface area (Å²) in [5.74, 6) is -0.0562. The van der Waals surface area contributed by atoms with Crippen LogP contribution >= 0.6 is 0 Å². The number of nitrogens with zero attached hydrogens (tertiary/aromatic N) is 2. The second kappa shape index (κ2) is 8.27. The van der Waals surface area contributed by atoms with Gasteiger partial charge < -0.3 is 5.32 Å². The van der Waals surface area contributed by atoms with E-state index in [1.165, 1.54) is 30.3 Å². The van der Waals surface area contributed by atoms with E-state index >= 15 is 0 Å². The van der Waals surface area contributed by atoms with Crippen molar-refractivity contribution in [3.05, 3.63) is 105 Å². The molecule has 3 aromatic rings. The van der Waals surface area contributed by atoms with Crippen molar-refractivity contribution < 1.29 is 4.39 Å². The first-order valence-corrected chi connectivity index (χ1v) is 8.43. The molecule has 138 valence electrons. The minimum atomic E-state index is -0.544. The van der Waals surface area contributed by atoms with E-state index in [4.69, 9.17) is 0 Å². The van der Waals surface area contributed by atoms with Crippen LogP contribution in [0.1, 0.15) is 23.6 Å². The molecule has 0 amide bonds. The molecule has 2 aromatic heterocycles. The first-order chi connectivity index (χ1) is 13.1. The number of aromatic amines is 1. The van der Waals surface area contributed by atoms with Crippen LogP contribution in [-0.4, -0.2) is 14.5 Å². The number of aromatic nitrogens is 3. The summed E-state index contributed by atoms with van der Waals surface area (Å²) < 4.78 is 14.1. The third kappa shape index (κ3) is 4.58. The van der Waals surface area contributed by atoms with E-state index in [9.17, 15) is 14.0 Å². The summed E-state index contributed by atoms with van der Waals surface area (Å²) >= 11 is 0. The van der Waals surface area contributed by atoms with Crippen LogP contribution in [-0.2, 0) is 6.54 Å². The molecule has 1 atom stereocenters. The van der Waals surface area contributed by atoms with Crippen molar-refractivity contribution in [2.45, 2.75) is 19.0 Å². The molecule has 27 heavy (non-hydrogen) atoms. The van der Waals surface area contributed by atoms with Crippen molar-refractivity contribution in [2.24, 2.45) is 0 Å². The number of anilines is 1. The number of rotatable bonds is 7. The van der Waals surface area contributed by atoms with E-state index in [2.05, 4.69) is 21.9 Å². The molecule has 0 saturated heterocycles. The molecule has 0 radical (unpaired) electrons. The molecule has 6 nitrogen and oxygen atoms in total. The Morgan fingerprint density at radius 1 is 1.26 bits per heavy atom. The Kier molecular flexibility index (Phi) is 5.61. The van der Waals surface area contributed by atoms with Crippen molar-refractivity contribution in [1.29, 1.82) is 0 Å². The highest BCUT2D eigenvalue weighted by Crippen LogP contribution is 2.20. The second-order valence-corrected chi connectivity index (χ2v) is 6.05. The lowest BCUT2D eigenvalue weighted by molar-refractivity contribution is 0.625. The average molecular weight is 366 g/mol. The molecule has 0 aliphatic heterocycles. The van der Waals surface area contributed by atoms with Gasteiger partial charge in [0, 0.05) is 18.5 Å². The molecule has 3 rings (SSSR count). The van der Waals surface area contributed by atoms with Gasteiger partial charge in [-0.3, -0.25) is 19.3 Å². The SMILES string of the molecule is C=CC[C@@H](Nc1cc(=O)n(Cc2ccc(F)cc2)c(=O)[nH]1)c1cccnc1. The van der Waals surface area contributed by atoms with E-state index < -0.39 is 11.2 Å². The van der Waals surface area contributed by atoms with Crippen LogP contribution in [0, 0.1) is 5.82 Å². The average Bonchev–Trinajstić information content (AvgIpc) is 2.66. The zero-order chi connectivity index (χ0) is 19.2. The Hall–Kier alpha value is -3.48. The molecule has 0 unspecified atom stereocenters. The van der Waals surface area contributed by atoms with Gasteiger partial charge in [-0.1, -0.05) is 24.3 Å². The van der Waals surface area contributed by atoms with Crippen molar-refractivity contribution in [3.8, 4) is 0 Å². The number of benzene rings is 1. The van der Waals surface area contributed by atoms with Gasteiger partial charge in [-0.05, 0) is 35.7 Å². The summed E-state index contributed by atoms with van der Waals surface area (Å²) in [6, 6.07) is 10.5. The Morgan fingerprint density at radius 2 is 2.04 bits per heavy atom. The lowest BCUT2D eigenvalue weighted by Gasteiger charge is -2.18. The molecule has 0 fully saturated rings. The highest BCUT2D eigenvalue weighted by Gasteiger charge is 2.12. The van der Waals surface area contributed by atoms with E-state index in [-0.39, 0.29) is 18.4 Å². The Bertz CT molecular complexity index is 995. The standard InChI is InChI=1S/C20H19FN4O2/c1-2-4-17(15-5-3-10-22-12-15)23-18-11-19(26)25(20(27)24-18)13-14-6-8-16(21)9-7-14/h2-3,5-12,17,23H,1,4,13H2,(H,24,27)/t17-/m1/s1. The molecule has 2 heterocycles. The highest BCUT2D eigenvalue weighted by molar-refractivity contribution is 5.37. The van der Waals surface area contributed by atoms with Gasteiger partial charge in [-0.2, -0.15) is 0 Å². The van der Waals surface area contributed by atoms with Crippen molar-refractivity contribution in [1.82, 2.24) is 14.5 Å². The monoisotopic (exact) mass is 366 g/mol. The molecular formula is C20H19FN4O2. The number of hydrogen-bond acceptors (Lipinski definition) is 4. The molecule has 0 bridgehead atoms. The predicted molar refractivity (Wildman–Crippen MR) is 102 cm³/mol. The fourth-order valence-corrected chi connectivity index (χ4v) is 2.73. The summed E-state index contributed by atoms with van der Waals surface area (Å²) in [6.45, 7) is 3.81. The summed E-state index contributed by atoms with van der Waals surface area (Å²) in [4.78, 5) is 31.5. The lowest BCUT2D eigenvalue weighted by atomic mass is 10.1. The molecular weight excluding hydrogens is 347 g/mol. The van der Waals surface area contributed by atoms with Crippen LogP contribution in [0.25, 0.3) is 0 Å². The summed E-state index contributed by atoms with van der Waals surface area (Å²) in [5, 5.41) is 3.15. The molecule has 2 N–H and O–H groups in total. The zero-order valence-electron chi connectivity index (χ0n) is 14.6. The van der Waals surface area contributed by atoms with Gasteiger partial charge in [0.15, 0.2) is 0 Å². The summed E-state index contributed by atoms with van der Waals surface area (Å²) in [5.41, 5.74) is 0.574. The van der Waals surface area contributed by atoms with E-state index in [0.29, 0.717) is 17.8 Å². The minimum absolute atomic E-state index is 0.0629. The fraction of sp³-hybridized carbons (Fsp3) is 0.150. The Balaban J connectivity index is 1.85. The number of H-pyrrole nitrogens is 1. The lowest BCUT2D eigenvalue weighted by Crippen LogP contribution is -2.35. The molecule has 0 spiro atoms. The van der Waals surface area contributed by atoms with Crippen LogP contribution in [0.5, 0.6) is 0 Å². The summed E-state index contributed by atoms with van der Waals surface area (Å²) in [7, 11) is 0. The maximum Gasteiger partial charge on any atom is 0.330 e.